The van der Waals surface area contributed by atoms with Gasteiger partial charge in [0, 0.05) is 28.9 Å². The molecule has 0 spiro atoms. The predicted octanol–water partition coefficient (Wildman–Crippen LogP) is 4.05. The molecule has 4 aromatic heterocycles. The Hall–Kier alpha value is -3.07. The Morgan fingerprint density at radius 3 is 2.79 bits per heavy atom. The molecule has 0 saturated heterocycles. The first-order valence-electron chi connectivity index (χ1n) is 7.75. The lowest BCUT2D eigenvalue weighted by Gasteiger charge is -2.07. The molecule has 4 heterocycles. The van der Waals surface area contributed by atoms with Crippen LogP contribution in [-0.2, 0) is 7.05 Å². The van der Waals surface area contributed by atoms with Gasteiger partial charge in [0.15, 0.2) is 5.16 Å². The molecule has 0 amide bonds. The van der Waals surface area contributed by atoms with Gasteiger partial charge in [0.2, 0.25) is 5.69 Å². The fourth-order valence-electron chi connectivity index (χ4n) is 2.57. The molecule has 0 atom stereocenters. The monoisotopic (exact) mass is 427 g/mol. The highest BCUT2D eigenvalue weighted by Gasteiger charge is 2.19. The zero-order valence-corrected chi connectivity index (χ0v) is 16.6. The summed E-state index contributed by atoms with van der Waals surface area (Å²) in [4.78, 5) is 33.4. The Bertz CT molecular complexity index is 1320. The molecule has 0 bridgehead atoms. The van der Waals surface area contributed by atoms with Gasteiger partial charge in [0.05, 0.1) is 10.3 Å². The van der Waals surface area contributed by atoms with Crippen molar-refractivity contribution >= 4 is 50.3 Å². The topological polar surface area (TPSA) is 115 Å². The predicted molar refractivity (Wildman–Crippen MR) is 108 cm³/mol. The van der Waals surface area contributed by atoms with Gasteiger partial charge in [-0.1, -0.05) is 6.07 Å². The van der Waals surface area contributed by atoms with E-state index < -0.39 is 4.92 Å². The highest BCUT2D eigenvalue weighted by molar-refractivity contribution is 7.99. The Balaban J connectivity index is 1.79. The van der Waals surface area contributed by atoms with Gasteiger partial charge in [-0.3, -0.25) is 19.5 Å². The molecular weight excluding hydrogens is 418 g/mol. The van der Waals surface area contributed by atoms with E-state index in [-0.39, 0.29) is 16.9 Å². The van der Waals surface area contributed by atoms with Crippen molar-refractivity contribution in [3.05, 3.63) is 61.2 Å². The number of rotatable bonds is 4. The van der Waals surface area contributed by atoms with Crippen LogP contribution in [0.5, 0.6) is 0 Å². The fourth-order valence-corrected chi connectivity index (χ4v) is 5.20. The van der Waals surface area contributed by atoms with E-state index in [0.29, 0.717) is 20.4 Å². The van der Waals surface area contributed by atoms with Gasteiger partial charge in [-0.2, -0.15) is 5.26 Å². The van der Waals surface area contributed by atoms with Crippen LogP contribution in [0.3, 0.4) is 0 Å². The van der Waals surface area contributed by atoms with E-state index in [2.05, 4.69) is 9.97 Å². The second-order valence-electron chi connectivity index (χ2n) is 5.55. The molecule has 0 saturated carbocycles. The van der Waals surface area contributed by atoms with Crippen molar-refractivity contribution in [1.29, 1.82) is 5.26 Å². The first-order valence-corrected chi connectivity index (χ1v) is 10.3. The lowest BCUT2D eigenvalue weighted by Crippen LogP contribution is -2.19. The van der Waals surface area contributed by atoms with Crippen molar-refractivity contribution in [2.45, 2.75) is 10.2 Å². The van der Waals surface area contributed by atoms with Gasteiger partial charge >= 0.3 is 5.69 Å². The number of nitro groups is 1. The van der Waals surface area contributed by atoms with Gasteiger partial charge in [0.25, 0.3) is 5.56 Å². The molecule has 0 aliphatic rings. The van der Waals surface area contributed by atoms with E-state index in [4.69, 9.17) is 5.26 Å². The standard InChI is InChI=1S/C17H9N5O3S3/c1-21-16(23)14-9(12-3-2-6-26-12)8-27-15(14)20-17(21)28-13-5-4-11(22(24)25)10(7-18)19-13/h2-6,8H,1H3. The molecule has 4 rings (SSSR count). The van der Waals surface area contributed by atoms with Crippen molar-refractivity contribution in [1.82, 2.24) is 14.5 Å². The largest absolute Gasteiger partial charge is 0.305 e. The van der Waals surface area contributed by atoms with Crippen molar-refractivity contribution in [3.63, 3.8) is 0 Å². The minimum absolute atomic E-state index is 0.181. The van der Waals surface area contributed by atoms with Gasteiger partial charge in [-0.05, 0) is 29.3 Å². The van der Waals surface area contributed by atoms with Crippen molar-refractivity contribution in [2.75, 3.05) is 0 Å². The van der Waals surface area contributed by atoms with Crippen LogP contribution >= 0.6 is 34.4 Å². The number of aromatic nitrogens is 3. The Kier molecular flexibility index (Phi) is 4.68. The molecule has 0 radical (unpaired) electrons. The average Bonchev–Trinajstić information content (AvgIpc) is 3.35. The fraction of sp³-hybridized carbons (Fsp3) is 0.0588. The minimum atomic E-state index is -0.655. The van der Waals surface area contributed by atoms with Crippen LogP contribution in [0.2, 0.25) is 0 Å². The van der Waals surface area contributed by atoms with Crippen LogP contribution < -0.4 is 5.56 Å². The number of pyridine rings is 1. The number of nitriles is 1. The highest BCUT2D eigenvalue weighted by atomic mass is 32.2. The molecule has 11 heteroatoms. The maximum Gasteiger partial charge on any atom is 0.305 e. The number of fused-ring (bicyclic) bond motifs is 1. The summed E-state index contributed by atoms with van der Waals surface area (Å²) in [5.74, 6) is 0. The lowest BCUT2D eigenvalue weighted by atomic mass is 10.2. The second kappa shape index (κ2) is 7.16. The summed E-state index contributed by atoms with van der Waals surface area (Å²) < 4.78 is 1.42. The molecule has 0 unspecified atom stereocenters. The summed E-state index contributed by atoms with van der Waals surface area (Å²) in [5.41, 5.74) is 0.0413. The lowest BCUT2D eigenvalue weighted by molar-refractivity contribution is -0.385. The van der Waals surface area contributed by atoms with Gasteiger partial charge < -0.3 is 0 Å². The van der Waals surface area contributed by atoms with E-state index >= 15 is 0 Å². The Labute approximate surface area is 169 Å². The zero-order chi connectivity index (χ0) is 19.8. The molecule has 0 fully saturated rings. The first-order chi connectivity index (χ1) is 13.5. The summed E-state index contributed by atoms with van der Waals surface area (Å²) in [5, 5.41) is 25.2. The number of nitrogens with zero attached hydrogens (tertiary/aromatic N) is 5. The summed E-state index contributed by atoms with van der Waals surface area (Å²) in [6.07, 6.45) is 0. The van der Waals surface area contributed by atoms with Gasteiger partial charge in [0.1, 0.15) is 15.9 Å². The maximum atomic E-state index is 12.9. The van der Waals surface area contributed by atoms with Gasteiger partial charge in [-0.15, -0.1) is 22.7 Å². The number of hydrogen-bond acceptors (Lipinski definition) is 9. The summed E-state index contributed by atoms with van der Waals surface area (Å²) in [7, 11) is 1.61. The quantitative estimate of drug-likeness (QED) is 0.274. The van der Waals surface area contributed by atoms with E-state index in [9.17, 15) is 14.9 Å². The molecule has 0 N–H and O–H groups in total. The minimum Gasteiger partial charge on any atom is -0.290 e. The maximum absolute atomic E-state index is 12.9. The van der Waals surface area contributed by atoms with Crippen LogP contribution in [0.25, 0.3) is 20.7 Å². The third-order valence-corrected chi connectivity index (χ3v) is 6.67. The highest BCUT2D eigenvalue weighted by Crippen LogP contribution is 2.35. The normalized spacial score (nSPS) is 10.9. The molecule has 0 aromatic carbocycles. The Morgan fingerprint density at radius 1 is 1.29 bits per heavy atom. The molecule has 0 aliphatic heterocycles. The zero-order valence-electron chi connectivity index (χ0n) is 14.1. The van der Waals surface area contributed by atoms with Crippen molar-refractivity contribution in [3.8, 4) is 16.5 Å². The second-order valence-corrected chi connectivity index (χ2v) is 8.35. The van der Waals surface area contributed by atoms with Crippen LogP contribution in [0.4, 0.5) is 5.69 Å². The third kappa shape index (κ3) is 3.07. The average molecular weight is 427 g/mol. The van der Waals surface area contributed by atoms with E-state index in [1.165, 1.54) is 28.0 Å². The third-order valence-electron chi connectivity index (χ3n) is 3.91. The van der Waals surface area contributed by atoms with Crippen molar-refractivity contribution in [2.24, 2.45) is 7.05 Å². The molecule has 138 valence electrons. The molecule has 0 aliphatic carbocycles. The molecule has 4 aromatic rings. The SMILES string of the molecule is Cn1c(Sc2ccc([N+](=O)[O-])c(C#N)n2)nc2scc(-c3cccs3)c2c1=O. The Morgan fingerprint density at radius 2 is 2.11 bits per heavy atom. The van der Waals surface area contributed by atoms with E-state index in [1.807, 2.05) is 22.9 Å². The van der Waals surface area contributed by atoms with Crippen LogP contribution in [0, 0.1) is 21.4 Å². The van der Waals surface area contributed by atoms with Crippen LogP contribution in [0.15, 0.2) is 50.0 Å². The van der Waals surface area contributed by atoms with Crippen LogP contribution in [-0.4, -0.2) is 19.5 Å². The smallest absolute Gasteiger partial charge is 0.290 e. The van der Waals surface area contributed by atoms with Gasteiger partial charge in [-0.25, -0.2) is 9.97 Å². The molecule has 28 heavy (non-hydrogen) atoms. The molecule has 8 nitrogen and oxygen atoms in total. The number of hydrogen-bond donors (Lipinski definition) is 0. The summed E-state index contributed by atoms with van der Waals surface area (Å²) in [6, 6.07) is 8.27. The van der Waals surface area contributed by atoms with Crippen molar-refractivity contribution < 1.29 is 4.92 Å². The number of thiophene rings is 2. The molecular formula is C17H9N5O3S3. The van der Waals surface area contributed by atoms with E-state index in [1.54, 1.807) is 24.5 Å². The van der Waals surface area contributed by atoms with Crippen LogP contribution in [0.1, 0.15) is 5.69 Å². The van der Waals surface area contributed by atoms with E-state index in [0.717, 1.165) is 22.2 Å². The summed E-state index contributed by atoms with van der Waals surface area (Å²) in [6.45, 7) is 0. The first kappa shape index (κ1) is 18.3. The summed E-state index contributed by atoms with van der Waals surface area (Å²) >= 11 is 4.01.